The van der Waals surface area contributed by atoms with Crippen molar-refractivity contribution < 1.29 is 14.4 Å². The van der Waals surface area contributed by atoms with Gasteiger partial charge in [-0.1, -0.05) is 23.7 Å². The summed E-state index contributed by atoms with van der Waals surface area (Å²) in [6, 6.07) is 14.5. The van der Waals surface area contributed by atoms with Crippen molar-refractivity contribution in [2.24, 2.45) is 4.99 Å². The van der Waals surface area contributed by atoms with Crippen LogP contribution < -0.4 is 10.6 Å². The predicted molar refractivity (Wildman–Crippen MR) is 147 cm³/mol. The van der Waals surface area contributed by atoms with E-state index in [0.717, 1.165) is 29.4 Å². The van der Waals surface area contributed by atoms with E-state index in [4.69, 9.17) is 11.6 Å². The normalized spacial score (nSPS) is 17.7. The summed E-state index contributed by atoms with van der Waals surface area (Å²) in [5, 5.41) is 7.37. The highest BCUT2D eigenvalue weighted by molar-refractivity contribution is 8.18. The Labute approximate surface area is 223 Å². The minimum Gasteiger partial charge on any atom is -0.352 e. The Bertz CT molecular complexity index is 1450. The van der Waals surface area contributed by atoms with Crippen molar-refractivity contribution in [3.63, 3.8) is 0 Å². The van der Waals surface area contributed by atoms with Crippen molar-refractivity contribution in [3.05, 3.63) is 75.8 Å². The molecule has 0 aliphatic carbocycles. The van der Waals surface area contributed by atoms with Gasteiger partial charge in [-0.25, -0.2) is 4.99 Å². The lowest BCUT2D eigenvalue weighted by molar-refractivity contribution is -0.127. The summed E-state index contributed by atoms with van der Waals surface area (Å²) >= 11 is 7.54. The first-order chi connectivity index (χ1) is 18.0. The van der Waals surface area contributed by atoms with Gasteiger partial charge in [0.25, 0.3) is 11.8 Å². The molecular weight excluding hydrogens is 510 g/mol. The van der Waals surface area contributed by atoms with Gasteiger partial charge in [-0.2, -0.15) is 0 Å². The lowest BCUT2D eigenvalue weighted by Crippen LogP contribution is -2.30. The molecule has 188 valence electrons. The molecule has 10 heteroatoms. The van der Waals surface area contributed by atoms with E-state index in [1.54, 1.807) is 30.5 Å². The molecule has 3 heterocycles. The van der Waals surface area contributed by atoms with Gasteiger partial charge < -0.3 is 15.5 Å². The first-order valence-electron chi connectivity index (χ1n) is 12.0. The maximum atomic E-state index is 12.6. The zero-order valence-corrected chi connectivity index (χ0v) is 21.4. The number of amides is 3. The van der Waals surface area contributed by atoms with Crippen molar-refractivity contribution in [3.8, 4) is 0 Å². The molecule has 2 aliphatic heterocycles. The first-order valence-corrected chi connectivity index (χ1v) is 13.2. The van der Waals surface area contributed by atoms with E-state index in [0.29, 0.717) is 52.3 Å². The maximum Gasteiger partial charge on any atom is 0.264 e. The van der Waals surface area contributed by atoms with Crippen LogP contribution in [0.2, 0.25) is 5.02 Å². The fourth-order valence-corrected chi connectivity index (χ4v) is 5.17. The zero-order valence-electron chi connectivity index (χ0n) is 19.9. The molecule has 8 nitrogen and oxygen atoms in total. The molecule has 0 bridgehead atoms. The van der Waals surface area contributed by atoms with Gasteiger partial charge >= 0.3 is 0 Å². The Morgan fingerprint density at radius 3 is 2.95 bits per heavy atom. The van der Waals surface area contributed by atoms with Gasteiger partial charge in [0.15, 0.2) is 5.17 Å². The second-order valence-corrected chi connectivity index (χ2v) is 10.1. The lowest BCUT2D eigenvalue weighted by atomic mass is 10.1. The van der Waals surface area contributed by atoms with Crippen LogP contribution in [0.1, 0.15) is 35.2 Å². The molecule has 2 saturated heterocycles. The van der Waals surface area contributed by atoms with E-state index in [1.807, 2.05) is 35.2 Å². The summed E-state index contributed by atoms with van der Waals surface area (Å²) in [6.45, 7) is 1.89. The number of carbonyl (C=O) groups is 3. The van der Waals surface area contributed by atoms with Crippen LogP contribution in [0, 0.1) is 0 Å². The molecular formula is C27H24ClN5O3S. The van der Waals surface area contributed by atoms with E-state index in [-0.39, 0.29) is 17.7 Å². The number of nitrogens with zero attached hydrogens (tertiary/aromatic N) is 3. The van der Waals surface area contributed by atoms with E-state index in [2.05, 4.69) is 20.6 Å². The fraction of sp³-hybridized carbons (Fsp3) is 0.222. The number of rotatable bonds is 7. The molecule has 2 aromatic carbocycles. The second kappa shape index (κ2) is 11.1. The highest BCUT2D eigenvalue weighted by Gasteiger charge is 2.24. The third-order valence-electron chi connectivity index (χ3n) is 6.07. The van der Waals surface area contributed by atoms with Crippen LogP contribution in [0.5, 0.6) is 0 Å². The van der Waals surface area contributed by atoms with Gasteiger partial charge in [0.1, 0.15) is 0 Å². The highest BCUT2D eigenvalue weighted by Crippen LogP contribution is 2.32. The van der Waals surface area contributed by atoms with Gasteiger partial charge in [-0.05, 0) is 72.6 Å². The smallest absolute Gasteiger partial charge is 0.264 e. The number of aliphatic imine (C=N–C) groups is 1. The summed E-state index contributed by atoms with van der Waals surface area (Å²) in [5.41, 5.74) is 2.56. The van der Waals surface area contributed by atoms with Gasteiger partial charge in [-0.15, -0.1) is 0 Å². The second-order valence-electron chi connectivity index (χ2n) is 8.70. The molecule has 0 unspecified atom stereocenters. The van der Waals surface area contributed by atoms with Gasteiger partial charge in [0.05, 0.1) is 21.1 Å². The molecule has 1 aromatic heterocycles. The summed E-state index contributed by atoms with van der Waals surface area (Å²) < 4.78 is 0. The molecule has 0 radical (unpaired) electrons. The Kier molecular flexibility index (Phi) is 7.52. The van der Waals surface area contributed by atoms with Crippen LogP contribution in [0.3, 0.4) is 0 Å². The number of halogens is 1. The lowest BCUT2D eigenvalue weighted by Gasteiger charge is -2.15. The maximum absolute atomic E-state index is 12.6. The Morgan fingerprint density at radius 2 is 2.11 bits per heavy atom. The fourth-order valence-electron chi connectivity index (χ4n) is 4.18. The molecule has 37 heavy (non-hydrogen) atoms. The first kappa shape index (κ1) is 25.0. The molecule has 2 N–H and O–H groups in total. The molecule has 0 saturated carbocycles. The van der Waals surface area contributed by atoms with Crippen molar-refractivity contribution >= 4 is 68.9 Å². The minimum atomic E-state index is -0.253. The van der Waals surface area contributed by atoms with Crippen molar-refractivity contribution in [1.82, 2.24) is 20.5 Å². The van der Waals surface area contributed by atoms with E-state index >= 15 is 0 Å². The summed E-state index contributed by atoms with van der Waals surface area (Å²) in [7, 11) is 0. The topological polar surface area (TPSA) is 104 Å². The summed E-state index contributed by atoms with van der Waals surface area (Å²) in [4.78, 5) is 48.0. The molecule has 2 aliphatic rings. The third kappa shape index (κ3) is 6.00. The number of likely N-dealkylation sites (tertiary alicyclic amines) is 1. The number of aromatic nitrogens is 1. The monoisotopic (exact) mass is 533 g/mol. The summed E-state index contributed by atoms with van der Waals surface area (Å²) in [5.74, 6) is -0.325. The molecule has 5 rings (SSSR count). The standard InChI is InChI=1S/C27H24ClN5O3S/c28-20-8-7-19(25(35)30-11-3-13-33-12-2-5-24(33)34)16-22(20)31-27-32-26(36)23(37-27)15-17-6-9-21-18(14-17)4-1-10-29-21/h1,4,6-10,14-16H,2-3,5,11-13H2,(H,30,35)(H,31,32,36)/b23-15+. The van der Waals surface area contributed by atoms with Crippen LogP contribution >= 0.6 is 23.4 Å². The van der Waals surface area contributed by atoms with Gasteiger partial charge in [-0.3, -0.25) is 19.4 Å². The quantitative estimate of drug-likeness (QED) is 0.343. The zero-order chi connectivity index (χ0) is 25.8. The SMILES string of the molecule is O=C1NC(=Nc2cc(C(=O)NCCCN3CCCC3=O)ccc2Cl)S/C1=C/c1ccc2ncccc2c1. The highest BCUT2D eigenvalue weighted by atomic mass is 35.5. The Hall–Kier alpha value is -3.69. The third-order valence-corrected chi connectivity index (χ3v) is 7.30. The molecule has 2 fully saturated rings. The largest absolute Gasteiger partial charge is 0.352 e. The van der Waals surface area contributed by atoms with Crippen LogP contribution in [0.4, 0.5) is 5.69 Å². The Balaban J connectivity index is 1.24. The van der Waals surface area contributed by atoms with E-state index < -0.39 is 0 Å². The summed E-state index contributed by atoms with van der Waals surface area (Å²) in [6.07, 6.45) is 5.74. The number of pyridine rings is 1. The van der Waals surface area contributed by atoms with Crippen molar-refractivity contribution in [2.45, 2.75) is 19.3 Å². The number of carbonyl (C=O) groups excluding carboxylic acids is 3. The number of nitrogens with one attached hydrogen (secondary N) is 2. The van der Waals surface area contributed by atoms with Crippen LogP contribution in [-0.4, -0.2) is 52.4 Å². The van der Waals surface area contributed by atoms with Crippen molar-refractivity contribution in [1.29, 1.82) is 0 Å². The number of hydrogen-bond acceptors (Lipinski definition) is 6. The number of benzene rings is 2. The van der Waals surface area contributed by atoms with E-state index in [1.165, 1.54) is 11.8 Å². The van der Waals surface area contributed by atoms with Crippen LogP contribution in [0.15, 0.2) is 64.6 Å². The number of thioether (sulfide) groups is 1. The number of hydrogen-bond donors (Lipinski definition) is 2. The molecule has 0 spiro atoms. The number of amidine groups is 1. The average molecular weight is 534 g/mol. The molecule has 3 aromatic rings. The van der Waals surface area contributed by atoms with Crippen LogP contribution in [0.25, 0.3) is 17.0 Å². The van der Waals surface area contributed by atoms with Gasteiger partial charge in [0, 0.05) is 43.2 Å². The van der Waals surface area contributed by atoms with Gasteiger partial charge in [0.2, 0.25) is 5.91 Å². The van der Waals surface area contributed by atoms with Crippen LogP contribution in [-0.2, 0) is 9.59 Å². The number of fused-ring (bicyclic) bond motifs is 1. The Morgan fingerprint density at radius 1 is 1.22 bits per heavy atom. The average Bonchev–Trinajstić information content (AvgIpc) is 3.46. The van der Waals surface area contributed by atoms with E-state index in [9.17, 15) is 14.4 Å². The molecule has 3 amide bonds. The van der Waals surface area contributed by atoms with Crippen molar-refractivity contribution in [2.75, 3.05) is 19.6 Å². The predicted octanol–water partition coefficient (Wildman–Crippen LogP) is 4.52. The molecule has 0 atom stereocenters. The minimum absolute atomic E-state index is 0.178.